The molecule has 1 saturated heterocycles. The van der Waals surface area contributed by atoms with Gasteiger partial charge in [0.2, 0.25) is 0 Å². The number of rotatable bonds is 6. The molecule has 0 aromatic heterocycles. The van der Waals surface area contributed by atoms with Crippen molar-refractivity contribution < 1.29 is 4.74 Å². The van der Waals surface area contributed by atoms with E-state index < -0.39 is 0 Å². The fourth-order valence-electron chi connectivity index (χ4n) is 4.57. The number of nitrogens with zero attached hydrogens (tertiary/aromatic N) is 3. The molecule has 1 fully saturated rings. The summed E-state index contributed by atoms with van der Waals surface area (Å²) in [5.74, 6) is 1.08. The third-order valence-corrected chi connectivity index (χ3v) is 6.20. The summed E-state index contributed by atoms with van der Waals surface area (Å²) in [4.78, 5) is 7.61. The minimum Gasteiger partial charge on any atom is -0.492 e. The highest BCUT2D eigenvalue weighted by atomic mass is 16.5. The van der Waals surface area contributed by atoms with E-state index in [4.69, 9.17) is 4.74 Å². The molecule has 4 nitrogen and oxygen atoms in total. The van der Waals surface area contributed by atoms with Crippen LogP contribution in [0.4, 0.5) is 5.69 Å². The number of fused-ring (bicyclic) bond motifs is 1. The van der Waals surface area contributed by atoms with Crippen LogP contribution in [0.3, 0.4) is 0 Å². The number of anilines is 1. The lowest BCUT2D eigenvalue weighted by molar-refractivity contribution is 0.166. The number of likely N-dealkylation sites (tertiary alicyclic amines) is 1. The Morgan fingerprint density at radius 2 is 1.86 bits per heavy atom. The predicted octanol–water partition coefficient (Wildman–Crippen LogP) is 4.00. The van der Waals surface area contributed by atoms with Gasteiger partial charge >= 0.3 is 0 Å². The molecule has 4 rings (SSSR count). The molecule has 0 spiro atoms. The summed E-state index contributed by atoms with van der Waals surface area (Å²) in [7, 11) is 0. The van der Waals surface area contributed by atoms with Crippen LogP contribution in [0.1, 0.15) is 31.4 Å². The van der Waals surface area contributed by atoms with Gasteiger partial charge in [-0.1, -0.05) is 36.4 Å². The van der Waals surface area contributed by atoms with Gasteiger partial charge in [-0.25, -0.2) is 0 Å². The van der Waals surface area contributed by atoms with E-state index in [0.29, 0.717) is 6.04 Å². The summed E-state index contributed by atoms with van der Waals surface area (Å²) in [6.07, 6.45) is 1.25. The second-order valence-corrected chi connectivity index (χ2v) is 7.95. The molecule has 2 heterocycles. The maximum absolute atomic E-state index is 6.16. The van der Waals surface area contributed by atoms with E-state index in [0.717, 1.165) is 51.6 Å². The summed E-state index contributed by atoms with van der Waals surface area (Å²) in [5.41, 5.74) is 4.01. The second-order valence-electron chi connectivity index (χ2n) is 7.95. The maximum Gasteiger partial charge on any atom is 0.125 e. The molecule has 0 N–H and O–H groups in total. The summed E-state index contributed by atoms with van der Waals surface area (Å²) in [6, 6.07) is 18.2. The highest BCUT2D eigenvalue weighted by molar-refractivity contribution is 5.54. The van der Waals surface area contributed by atoms with Crippen molar-refractivity contribution in [2.45, 2.75) is 39.4 Å². The van der Waals surface area contributed by atoms with Crippen molar-refractivity contribution in [1.29, 1.82) is 0 Å². The average molecular weight is 380 g/mol. The molecular formula is C24H33N3O. The smallest absolute Gasteiger partial charge is 0.125 e. The number of hydrogen-bond acceptors (Lipinski definition) is 4. The lowest BCUT2D eigenvalue weighted by Crippen LogP contribution is -2.38. The fourth-order valence-corrected chi connectivity index (χ4v) is 4.57. The van der Waals surface area contributed by atoms with Crippen LogP contribution < -0.4 is 9.64 Å². The Morgan fingerprint density at radius 1 is 1.04 bits per heavy atom. The Labute approximate surface area is 169 Å². The van der Waals surface area contributed by atoms with Crippen LogP contribution in [-0.2, 0) is 13.1 Å². The molecule has 150 valence electrons. The number of benzene rings is 2. The molecule has 2 aliphatic rings. The molecule has 28 heavy (non-hydrogen) atoms. The van der Waals surface area contributed by atoms with Gasteiger partial charge in [0.15, 0.2) is 0 Å². The van der Waals surface area contributed by atoms with Crippen molar-refractivity contribution in [3.63, 3.8) is 0 Å². The van der Waals surface area contributed by atoms with Gasteiger partial charge in [-0.15, -0.1) is 0 Å². The maximum atomic E-state index is 6.16. The second kappa shape index (κ2) is 8.97. The molecule has 0 radical (unpaired) electrons. The standard InChI is InChI=1S/C24H33N3O/c1-3-26(4-2)22-11-10-21-18-27(14-15-28-24(21)16-22)23-12-13-25(19-23)17-20-8-6-5-7-9-20/h5-11,16,23H,3-4,12-15,17-19H2,1-2H3. The van der Waals surface area contributed by atoms with Gasteiger partial charge in [0, 0.05) is 69.2 Å². The first-order chi connectivity index (χ1) is 13.8. The van der Waals surface area contributed by atoms with Crippen LogP contribution >= 0.6 is 0 Å². The highest BCUT2D eigenvalue weighted by Gasteiger charge is 2.29. The number of ether oxygens (including phenoxy) is 1. The van der Waals surface area contributed by atoms with Gasteiger partial charge in [-0.2, -0.15) is 0 Å². The van der Waals surface area contributed by atoms with Crippen molar-refractivity contribution in [2.24, 2.45) is 0 Å². The van der Waals surface area contributed by atoms with Crippen molar-refractivity contribution in [2.75, 3.05) is 44.2 Å². The van der Waals surface area contributed by atoms with Gasteiger partial charge in [-0.05, 0) is 31.9 Å². The zero-order chi connectivity index (χ0) is 19.3. The molecular weight excluding hydrogens is 346 g/mol. The van der Waals surface area contributed by atoms with E-state index in [-0.39, 0.29) is 0 Å². The van der Waals surface area contributed by atoms with E-state index in [1.54, 1.807) is 0 Å². The van der Waals surface area contributed by atoms with Crippen LogP contribution in [0, 0.1) is 0 Å². The van der Waals surface area contributed by atoms with Crippen LogP contribution in [0.25, 0.3) is 0 Å². The van der Waals surface area contributed by atoms with E-state index in [1.807, 2.05) is 0 Å². The Kier molecular flexibility index (Phi) is 6.18. The summed E-state index contributed by atoms with van der Waals surface area (Å²) in [6.45, 7) is 12.7. The lowest BCUT2D eigenvalue weighted by atomic mass is 10.1. The Balaban J connectivity index is 1.40. The first-order valence-corrected chi connectivity index (χ1v) is 10.8. The van der Waals surface area contributed by atoms with Gasteiger partial charge in [0.05, 0.1) is 0 Å². The van der Waals surface area contributed by atoms with Crippen molar-refractivity contribution in [3.8, 4) is 5.75 Å². The normalized spacial score (nSPS) is 20.4. The Bertz CT molecular complexity index is 760. The number of hydrogen-bond donors (Lipinski definition) is 0. The first kappa shape index (κ1) is 19.3. The van der Waals surface area contributed by atoms with Crippen molar-refractivity contribution in [3.05, 3.63) is 59.7 Å². The zero-order valence-corrected chi connectivity index (χ0v) is 17.3. The Morgan fingerprint density at radius 3 is 2.64 bits per heavy atom. The Hall–Kier alpha value is -2.04. The molecule has 0 saturated carbocycles. The third kappa shape index (κ3) is 4.34. The van der Waals surface area contributed by atoms with E-state index >= 15 is 0 Å². The fraction of sp³-hybridized carbons (Fsp3) is 0.500. The molecule has 1 atom stereocenters. The van der Waals surface area contributed by atoms with Crippen LogP contribution in [0.15, 0.2) is 48.5 Å². The van der Waals surface area contributed by atoms with Crippen molar-refractivity contribution >= 4 is 5.69 Å². The van der Waals surface area contributed by atoms with E-state index in [1.165, 1.54) is 29.8 Å². The van der Waals surface area contributed by atoms with Gasteiger partial charge in [-0.3, -0.25) is 9.80 Å². The van der Waals surface area contributed by atoms with Gasteiger partial charge in [0.25, 0.3) is 0 Å². The summed E-state index contributed by atoms with van der Waals surface area (Å²) < 4.78 is 6.16. The highest BCUT2D eigenvalue weighted by Crippen LogP contribution is 2.30. The minimum absolute atomic E-state index is 0.626. The molecule has 2 aliphatic heterocycles. The topological polar surface area (TPSA) is 19.0 Å². The van der Waals surface area contributed by atoms with Crippen molar-refractivity contribution in [1.82, 2.24) is 9.80 Å². The largest absolute Gasteiger partial charge is 0.492 e. The van der Waals surface area contributed by atoms with Crippen LogP contribution in [-0.4, -0.2) is 55.2 Å². The minimum atomic E-state index is 0.626. The summed E-state index contributed by atoms with van der Waals surface area (Å²) in [5, 5.41) is 0. The van der Waals surface area contributed by atoms with Gasteiger partial charge < -0.3 is 9.64 Å². The molecule has 0 aliphatic carbocycles. The van der Waals surface area contributed by atoms with E-state index in [2.05, 4.69) is 77.1 Å². The zero-order valence-electron chi connectivity index (χ0n) is 17.3. The molecule has 4 heteroatoms. The molecule has 0 bridgehead atoms. The van der Waals surface area contributed by atoms with Gasteiger partial charge in [0.1, 0.15) is 12.4 Å². The monoisotopic (exact) mass is 379 g/mol. The molecule has 1 unspecified atom stereocenters. The predicted molar refractivity (Wildman–Crippen MR) is 116 cm³/mol. The molecule has 0 amide bonds. The first-order valence-electron chi connectivity index (χ1n) is 10.8. The SMILES string of the molecule is CCN(CC)c1ccc2c(c1)OCCN(C1CCN(Cc3ccccc3)C1)C2. The lowest BCUT2D eigenvalue weighted by Gasteiger charge is -2.27. The molecule has 2 aromatic carbocycles. The third-order valence-electron chi connectivity index (χ3n) is 6.20. The van der Waals surface area contributed by atoms with Crippen LogP contribution in [0.2, 0.25) is 0 Å². The summed E-state index contributed by atoms with van der Waals surface area (Å²) >= 11 is 0. The van der Waals surface area contributed by atoms with Crippen LogP contribution in [0.5, 0.6) is 5.75 Å². The van der Waals surface area contributed by atoms with E-state index in [9.17, 15) is 0 Å². The molecule has 2 aromatic rings. The quantitative estimate of drug-likeness (QED) is 0.755. The average Bonchev–Trinajstić information content (AvgIpc) is 3.08.